The summed E-state index contributed by atoms with van der Waals surface area (Å²) in [6, 6.07) is 10.5. The van der Waals surface area contributed by atoms with Crippen molar-refractivity contribution in [2.75, 3.05) is 47.7 Å². The average Bonchev–Trinajstić information content (AvgIpc) is 3.34. The number of rotatable bonds is 10. The lowest BCUT2D eigenvalue weighted by Gasteiger charge is -2.37. The maximum absolute atomic E-state index is 14.3. The number of benzene rings is 2. The molecule has 2 fully saturated rings. The van der Waals surface area contributed by atoms with E-state index in [9.17, 15) is 13.4 Å². The molecule has 1 aliphatic heterocycles. The normalized spacial score (nSPS) is 18.0. The molecule has 9 heteroatoms. The van der Waals surface area contributed by atoms with Crippen LogP contribution in [0, 0.1) is 11.2 Å². The van der Waals surface area contributed by atoms with Gasteiger partial charge in [-0.3, -0.25) is 9.53 Å². The van der Waals surface area contributed by atoms with E-state index < -0.39 is 16.9 Å². The summed E-state index contributed by atoms with van der Waals surface area (Å²) in [5.74, 6) is 1.02. The first-order chi connectivity index (χ1) is 16.8. The van der Waals surface area contributed by atoms with Gasteiger partial charge < -0.3 is 20.5 Å². The number of halogens is 1. The Hall–Kier alpha value is -2.65. The highest BCUT2D eigenvalue weighted by molar-refractivity contribution is 7.85. The number of anilines is 3. The van der Waals surface area contributed by atoms with Crippen molar-refractivity contribution in [2.24, 2.45) is 5.41 Å². The molecule has 1 unspecified atom stereocenters. The molecule has 0 bridgehead atoms. The number of hydrogen-bond donors (Lipinski definition) is 3. The number of carbonyl (C=O) groups excluding carboxylic acids is 1. The van der Waals surface area contributed by atoms with Crippen LogP contribution in [-0.2, 0) is 26.8 Å². The van der Waals surface area contributed by atoms with Crippen molar-refractivity contribution in [3.05, 3.63) is 53.3 Å². The largest absolute Gasteiger partial charge is 0.448 e. The van der Waals surface area contributed by atoms with E-state index in [0.717, 1.165) is 42.5 Å². The Labute approximate surface area is 208 Å². The van der Waals surface area contributed by atoms with Crippen LogP contribution in [0.15, 0.2) is 36.4 Å². The predicted octanol–water partition coefficient (Wildman–Crippen LogP) is 5.01. The fraction of sp³-hybridized carbons (Fsp3) is 0.500. The lowest BCUT2D eigenvalue weighted by Crippen LogP contribution is -2.44. The van der Waals surface area contributed by atoms with Gasteiger partial charge in [-0.15, -0.1) is 0 Å². The third kappa shape index (κ3) is 6.95. The van der Waals surface area contributed by atoms with Crippen molar-refractivity contribution in [1.82, 2.24) is 0 Å². The summed E-state index contributed by atoms with van der Waals surface area (Å²) in [5.41, 5.74) is 9.51. The van der Waals surface area contributed by atoms with E-state index in [1.54, 1.807) is 24.3 Å². The summed E-state index contributed by atoms with van der Waals surface area (Å²) < 4.78 is 36.8. The molecule has 1 saturated carbocycles. The second kappa shape index (κ2) is 11.4. The molecule has 7 nitrogen and oxygen atoms in total. The number of amides is 1. The zero-order chi connectivity index (χ0) is 24.8. The average molecular weight is 504 g/mol. The molecule has 1 aliphatic carbocycles. The summed E-state index contributed by atoms with van der Waals surface area (Å²) in [6.45, 7) is 3.88. The molecular weight excluding hydrogens is 469 g/mol. The van der Waals surface area contributed by atoms with Crippen molar-refractivity contribution in [1.29, 1.82) is 0 Å². The van der Waals surface area contributed by atoms with Gasteiger partial charge in [0.2, 0.25) is 0 Å². The maximum Gasteiger partial charge on any atom is 0.411 e. The van der Waals surface area contributed by atoms with Crippen molar-refractivity contribution >= 4 is 34.0 Å². The van der Waals surface area contributed by atoms with Crippen LogP contribution in [0.3, 0.4) is 0 Å². The number of ether oxygens (including phenoxy) is 2. The second-order valence-corrected chi connectivity index (χ2v) is 11.4. The summed E-state index contributed by atoms with van der Waals surface area (Å²) in [4.78, 5) is 12.1. The van der Waals surface area contributed by atoms with Gasteiger partial charge in [-0.2, -0.15) is 0 Å². The smallest absolute Gasteiger partial charge is 0.411 e. The first-order valence-corrected chi connectivity index (χ1v) is 13.6. The highest BCUT2D eigenvalue weighted by atomic mass is 32.2. The van der Waals surface area contributed by atoms with Gasteiger partial charge in [0.1, 0.15) is 12.4 Å². The SMILES string of the molecule is CC1(CS(=O)CCOC(=O)Nc2ccc(NCc3ccc(F)c(C4CCCC4)c3)cc2N)COC1. The fourth-order valence-corrected chi connectivity index (χ4v) is 5.97. The van der Waals surface area contributed by atoms with Crippen LogP contribution >= 0.6 is 0 Å². The molecule has 190 valence electrons. The minimum atomic E-state index is -1.07. The van der Waals surface area contributed by atoms with Crippen LogP contribution in [-0.4, -0.2) is 41.6 Å². The van der Waals surface area contributed by atoms with Crippen LogP contribution in [0.5, 0.6) is 0 Å². The number of nitrogen functional groups attached to an aromatic ring is 1. The highest BCUT2D eigenvalue weighted by Gasteiger charge is 2.35. The van der Waals surface area contributed by atoms with Crippen LogP contribution < -0.4 is 16.4 Å². The molecule has 2 aliphatic rings. The molecule has 35 heavy (non-hydrogen) atoms. The Bertz CT molecular complexity index is 1070. The first-order valence-electron chi connectivity index (χ1n) is 12.1. The molecule has 4 N–H and O–H groups in total. The Balaban J connectivity index is 1.23. The number of nitrogens with one attached hydrogen (secondary N) is 2. The van der Waals surface area contributed by atoms with E-state index in [0.29, 0.717) is 42.8 Å². The van der Waals surface area contributed by atoms with E-state index in [4.69, 9.17) is 15.2 Å². The van der Waals surface area contributed by atoms with E-state index >= 15 is 0 Å². The monoisotopic (exact) mass is 503 g/mol. The molecule has 0 radical (unpaired) electrons. The van der Waals surface area contributed by atoms with Gasteiger partial charge >= 0.3 is 6.09 Å². The van der Waals surface area contributed by atoms with Gasteiger partial charge in [0.15, 0.2) is 0 Å². The van der Waals surface area contributed by atoms with Crippen LogP contribution in [0.4, 0.5) is 26.2 Å². The van der Waals surface area contributed by atoms with E-state index in [-0.39, 0.29) is 23.6 Å². The summed E-state index contributed by atoms with van der Waals surface area (Å²) in [5, 5.41) is 5.93. The molecule has 1 atom stereocenters. The van der Waals surface area contributed by atoms with E-state index in [1.807, 2.05) is 19.1 Å². The second-order valence-electron chi connectivity index (χ2n) is 9.85. The number of nitrogens with two attached hydrogens (primary N) is 1. The van der Waals surface area contributed by atoms with Crippen LogP contribution in [0.25, 0.3) is 0 Å². The van der Waals surface area contributed by atoms with Crippen molar-refractivity contribution < 1.29 is 22.9 Å². The van der Waals surface area contributed by atoms with Crippen LogP contribution in [0.2, 0.25) is 0 Å². The zero-order valence-corrected chi connectivity index (χ0v) is 20.9. The third-order valence-corrected chi connectivity index (χ3v) is 8.24. The van der Waals surface area contributed by atoms with Gasteiger partial charge in [0.25, 0.3) is 0 Å². The standard InChI is InChI=1S/C26H34FN3O4S/c1-26(15-33-16-26)17-35(32)11-10-34-25(31)30-24-9-7-20(13-23(24)28)29-14-18-6-8-22(27)21(12-18)19-4-2-3-5-19/h6-9,12-13,19,29H,2-5,10-11,14-17,28H2,1H3,(H,30,31). The molecule has 0 aromatic heterocycles. The summed E-state index contributed by atoms with van der Waals surface area (Å²) in [7, 11) is -1.07. The number of carbonyl (C=O) groups is 1. The molecule has 0 spiro atoms. The lowest BCUT2D eigenvalue weighted by molar-refractivity contribution is -0.0866. The fourth-order valence-electron chi connectivity index (χ4n) is 4.61. The van der Waals surface area contributed by atoms with Crippen molar-refractivity contribution in [2.45, 2.75) is 45.1 Å². The summed E-state index contributed by atoms with van der Waals surface area (Å²) in [6.07, 6.45) is 3.78. The first kappa shape index (κ1) is 25.4. The molecule has 4 rings (SSSR count). The van der Waals surface area contributed by atoms with E-state index in [2.05, 4.69) is 10.6 Å². The molecule has 1 amide bonds. The Morgan fingerprint density at radius 1 is 1.23 bits per heavy atom. The maximum atomic E-state index is 14.3. The Kier molecular flexibility index (Phi) is 8.28. The minimum Gasteiger partial charge on any atom is -0.448 e. The van der Waals surface area contributed by atoms with Gasteiger partial charge in [0, 0.05) is 34.2 Å². The predicted molar refractivity (Wildman–Crippen MR) is 138 cm³/mol. The van der Waals surface area contributed by atoms with Gasteiger partial charge in [-0.05, 0) is 54.2 Å². The lowest BCUT2D eigenvalue weighted by atomic mass is 9.92. The number of hydrogen-bond acceptors (Lipinski definition) is 6. The Morgan fingerprint density at radius 2 is 2.00 bits per heavy atom. The molecule has 2 aromatic carbocycles. The van der Waals surface area contributed by atoms with E-state index in [1.165, 1.54) is 0 Å². The van der Waals surface area contributed by atoms with Gasteiger partial charge in [-0.1, -0.05) is 31.9 Å². The third-order valence-electron chi connectivity index (χ3n) is 6.60. The topological polar surface area (TPSA) is 103 Å². The highest BCUT2D eigenvalue weighted by Crippen LogP contribution is 2.36. The molecule has 2 aromatic rings. The summed E-state index contributed by atoms with van der Waals surface area (Å²) >= 11 is 0. The minimum absolute atomic E-state index is 0.0354. The van der Waals surface area contributed by atoms with Gasteiger partial charge in [-0.25, -0.2) is 9.18 Å². The Morgan fingerprint density at radius 3 is 2.69 bits per heavy atom. The molecule has 1 heterocycles. The van der Waals surface area contributed by atoms with Crippen molar-refractivity contribution in [3.8, 4) is 0 Å². The zero-order valence-electron chi connectivity index (χ0n) is 20.1. The van der Waals surface area contributed by atoms with Crippen LogP contribution in [0.1, 0.15) is 49.7 Å². The van der Waals surface area contributed by atoms with Gasteiger partial charge in [0.05, 0.1) is 30.3 Å². The molecular formula is C26H34FN3O4S. The van der Waals surface area contributed by atoms with Crippen molar-refractivity contribution in [3.63, 3.8) is 0 Å². The quantitative estimate of drug-likeness (QED) is 0.394. The molecule has 1 saturated heterocycles.